The first-order valence-corrected chi connectivity index (χ1v) is 9.77. The zero-order chi connectivity index (χ0) is 21.0. The van der Waals surface area contributed by atoms with Gasteiger partial charge in [-0.25, -0.2) is 0 Å². The largest absolute Gasteiger partial charge is 0.497 e. The molecule has 0 N–H and O–H groups in total. The lowest BCUT2D eigenvalue weighted by Gasteiger charge is -2.39. The van der Waals surface area contributed by atoms with E-state index in [1.54, 1.807) is 37.4 Å². The highest BCUT2D eigenvalue weighted by molar-refractivity contribution is 5.79. The topological polar surface area (TPSA) is 81.9 Å². The Kier molecular flexibility index (Phi) is 6.36. The van der Waals surface area contributed by atoms with Crippen LogP contribution >= 0.6 is 0 Å². The number of rotatable bonds is 6. The third-order valence-corrected chi connectivity index (χ3v) is 5.41. The smallest absolute Gasteiger partial charge is 0.270 e. The van der Waals surface area contributed by atoms with E-state index in [0.717, 1.165) is 24.8 Å². The Labute approximate surface area is 170 Å². The monoisotopic (exact) mass is 398 g/mol. The highest BCUT2D eigenvalue weighted by Crippen LogP contribution is 2.34. The van der Waals surface area contributed by atoms with Crippen LogP contribution in [0.1, 0.15) is 33.1 Å². The van der Waals surface area contributed by atoms with E-state index in [-0.39, 0.29) is 30.3 Å². The normalized spacial score (nSPS) is 18.9. The number of nitro groups is 1. The van der Waals surface area contributed by atoms with Crippen LogP contribution in [0.3, 0.4) is 0 Å². The Morgan fingerprint density at radius 2 is 1.79 bits per heavy atom. The maximum atomic E-state index is 12.8. The van der Waals surface area contributed by atoms with Crippen molar-refractivity contribution in [2.24, 2.45) is 0 Å². The van der Waals surface area contributed by atoms with Gasteiger partial charge in [-0.05, 0) is 56.9 Å². The van der Waals surface area contributed by atoms with Gasteiger partial charge in [-0.15, -0.1) is 0 Å². The zero-order valence-corrected chi connectivity index (χ0v) is 17.0. The maximum Gasteiger partial charge on any atom is 0.270 e. The van der Waals surface area contributed by atoms with Gasteiger partial charge in [0.2, 0.25) is 0 Å². The molecule has 29 heavy (non-hydrogen) atoms. The first-order valence-electron chi connectivity index (χ1n) is 9.77. The molecule has 0 aromatic heterocycles. The minimum Gasteiger partial charge on any atom is -0.497 e. The summed E-state index contributed by atoms with van der Waals surface area (Å²) in [6.45, 7) is 4.01. The van der Waals surface area contributed by atoms with Crippen LogP contribution in [0.15, 0.2) is 42.5 Å². The van der Waals surface area contributed by atoms with Crippen LogP contribution in [0.2, 0.25) is 0 Å². The molecule has 7 heteroatoms. The first kappa shape index (κ1) is 20.6. The average molecular weight is 398 g/mol. The third-order valence-electron chi connectivity index (χ3n) is 5.41. The second-order valence-corrected chi connectivity index (χ2v) is 7.38. The zero-order valence-electron chi connectivity index (χ0n) is 17.0. The lowest BCUT2D eigenvalue weighted by Crippen LogP contribution is -2.49. The number of non-ortho nitro benzene ring substituents is 1. The number of likely N-dealkylation sites (tertiary alicyclic amines) is 1. The summed E-state index contributed by atoms with van der Waals surface area (Å²) in [5, 5.41) is 11.2. The summed E-state index contributed by atoms with van der Waals surface area (Å²) >= 11 is 0. The molecule has 7 nitrogen and oxygen atoms in total. The van der Waals surface area contributed by atoms with Crippen molar-refractivity contribution in [3.8, 4) is 22.6 Å². The number of nitro benzene ring substituents is 1. The van der Waals surface area contributed by atoms with Crippen molar-refractivity contribution < 1.29 is 19.2 Å². The lowest BCUT2D eigenvalue weighted by molar-refractivity contribution is -0.384. The number of amides is 1. The molecule has 3 rings (SSSR count). The lowest BCUT2D eigenvalue weighted by atomic mass is 9.97. The Morgan fingerprint density at radius 3 is 2.38 bits per heavy atom. The number of benzene rings is 2. The van der Waals surface area contributed by atoms with Crippen molar-refractivity contribution in [3.05, 3.63) is 52.6 Å². The molecule has 0 spiro atoms. The highest BCUT2D eigenvalue weighted by atomic mass is 16.6. The summed E-state index contributed by atoms with van der Waals surface area (Å²) in [5.41, 5.74) is 1.28. The van der Waals surface area contributed by atoms with E-state index < -0.39 is 4.92 Å². The van der Waals surface area contributed by atoms with Gasteiger partial charge in [0, 0.05) is 29.8 Å². The number of piperidine rings is 1. The predicted molar refractivity (Wildman–Crippen MR) is 110 cm³/mol. The number of carbonyl (C=O) groups is 1. The summed E-state index contributed by atoms with van der Waals surface area (Å²) in [5.74, 6) is 1.06. The number of carbonyl (C=O) groups excluding carboxylic acids is 1. The fourth-order valence-electron chi connectivity index (χ4n) is 3.88. The van der Waals surface area contributed by atoms with Gasteiger partial charge < -0.3 is 14.4 Å². The van der Waals surface area contributed by atoms with E-state index in [1.807, 2.05) is 4.90 Å². The minimum absolute atomic E-state index is 0.0345. The third kappa shape index (κ3) is 4.67. The van der Waals surface area contributed by atoms with Gasteiger partial charge in [0.1, 0.15) is 11.5 Å². The Morgan fingerprint density at radius 1 is 1.14 bits per heavy atom. The van der Waals surface area contributed by atoms with Gasteiger partial charge in [0.25, 0.3) is 11.6 Å². The molecule has 0 bridgehead atoms. The van der Waals surface area contributed by atoms with E-state index in [9.17, 15) is 14.9 Å². The summed E-state index contributed by atoms with van der Waals surface area (Å²) < 4.78 is 11.0. The number of hydrogen-bond acceptors (Lipinski definition) is 5. The maximum absolute atomic E-state index is 12.8. The minimum atomic E-state index is -0.445. The summed E-state index contributed by atoms with van der Waals surface area (Å²) in [6.07, 6.45) is 3.10. The molecule has 2 aromatic carbocycles. The molecule has 0 radical (unpaired) electrons. The van der Waals surface area contributed by atoms with Gasteiger partial charge in [0.05, 0.1) is 12.0 Å². The van der Waals surface area contributed by atoms with Crippen molar-refractivity contribution >= 4 is 11.6 Å². The number of nitrogens with zero attached hydrogens (tertiary/aromatic N) is 2. The quantitative estimate of drug-likeness (QED) is 0.531. The molecule has 154 valence electrons. The summed E-state index contributed by atoms with van der Waals surface area (Å²) in [6, 6.07) is 11.9. The number of hydrogen-bond donors (Lipinski definition) is 0. The average Bonchev–Trinajstić information content (AvgIpc) is 2.72. The van der Waals surface area contributed by atoms with Crippen LogP contribution in [-0.2, 0) is 4.79 Å². The van der Waals surface area contributed by atoms with E-state index in [1.165, 1.54) is 12.1 Å². The first-order chi connectivity index (χ1) is 13.9. The fraction of sp³-hybridized carbons (Fsp3) is 0.409. The molecule has 1 saturated heterocycles. The van der Waals surface area contributed by atoms with Crippen molar-refractivity contribution in [1.82, 2.24) is 4.90 Å². The molecule has 1 aliphatic rings. The predicted octanol–water partition coefficient (Wildman–Crippen LogP) is 4.44. The molecule has 1 heterocycles. The molecule has 0 unspecified atom stereocenters. The Hall–Kier alpha value is -3.09. The summed E-state index contributed by atoms with van der Waals surface area (Å²) in [7, 11) is 1.57. The van der Waals surface area contributed by atoms with Gasteiger partial charge in [-0.1, -0.05) is 12.1 Å². The van der Waals surface area contributed by atoms with Crippen LogP contribution < -0.4 is 9.47 Å². The Balaban J connectivity index is 1.84. The number of ether oxygens (including phenoxy) is 2. The highest BCUT2D eigenvalue weighted by Gasteiger charge is 2.29. The van der Waals surface area contributed by atoms with Gasteiger partial charge in [-0.3, -0.25) is 14.9 Å². The van der Waals surface area contributed by atoms with Crippen LogP contribution in [0.4, 0.5) is 5.69 Å². The standard InChI is InChI=1S/C22H26N2O5/c1-15-5-4-6-16(2)23(15)22(25)14-29-21-12-9-18(24(26)27)13-20(21)17-7-10-19(28-3)11-8-17/h7-13,15-16H,4-6,14H2,1-3H3/t15-,16+. The molecular weight excluding hydrogens is 372 g/mol. The van der Waals surface area contributed by atoms with Crippen LogP contribution in [-0.4, -0.2) is 41.5 Å². The molecule has 0 aliphatic carbocycles. The van der Waals surface area contributed by atoms with Crippen LogP contribution in [0.5, 0.6) is 11.5 Å². The Bertz CT molecular complexity index is 871. The summed E-state index contributed by atoms with van der Waals surface area (Å²) in [4.78, 5) is 25.4. The molecule has 1 amide bonds. The van der Waals surface area contributed by atoms with Crippen molar-refractivity contribution in [2.75, 3.05) is 13.7 Å². The molecule has 2 aromatic rings. The van der Waals surface area contributed by atoms with E-state index >= 15 is 0 Å². The van der Waals surface area contributed by atoms with Crippen molar-refractivity contribution in [1.29, 1.82) is 0 Å². The van der Waals surface area contributed by atoms with Gasteiger partial charge in [0.15, 0.2) is 6.61 Å². The second-order valence-electron chi connectivity index (χ2n) is 7.38. The number of methoxy groups -OCH3 is 1. The molecule has 2 atom stereocenters. The van der Waals surface area contributed by atoms with E-state index in [2.05, 4.69) is 13.8 Å². The fourth-order valence-corrected chi connectivity index (χ4v) is 3.88. The molecule has 1 fully saturated rings. The molecular formula is C22H26N2O5. The molecule has 0 saturated carbocycles. The van der Waals surface area contributed by atoms with Crippen LogP contribution in [0, 0.1) is 10.1 Å². The van der Waals surface area contributed by atoms with Gasteiger partial charge in [-0.2, -0.15) is 0 Å². The van der Waals surface area contributed by atoms with Crippen molar-refractivity contribution in [2.45, 2.75) is 45.2 Å². The van der Waals surface area contributed by atoms with E-state index in [4.69, 9.17) is 9.47 Å². The van der Waals surface area contributed by atoms with Crippen molar-refractivity contribution in [3.63, 3.8) is 0 Å². The second kappa shape index (κ2) is 8.94. The van der Waals surface area contributed by atoms with Gasteiger partial charge >= 0.3 is 0 Å². The van der Waals surface area contributed by atoms with Crippen LogP contribution in [0.25, 0.3) is 11.1 Å². The van der Waals surface area contributed by atoms with E-state index in [0.29, 0.717) is 17.1 Å². The molecule has 1 aliphatic heterocycles. The SMILES string of the molecule is COc1ccc(-c2cc([N+](=O)[O-])ccc2OCC(=O)N2[C@H](C)CCC[C@@H]2C)cc1.